The number of anilines is 1. The van der Waals surface area contributed by atoms with E-state index in [9.17, 15) is 14.4 Å². The maximum atomic E-state index is 12.7. The van der Waals surface area contributed by atoms with Crippen molar-refractivity contribution in [2.45, 2.75) is 66.0 Å². The van der Waals surface area contributed by atoms with Gasteiger partial charge in [0.05, 0.1) is 11.3 Å². The van der Waals surface area contributed by atoms with E-state index >= 15 is 0 Å². The lowest BCUT2D eigenvalue weighted by Gasteiger charge is -2.37. The van der Waals surface area contributed by atoms with E-state index in [1.165, 1.54) is 0 Å². The number of hydrogen-bond acceptors (Lipinski definition) is 3. The molecule has 0 aromatic heterocycles. The highest BCUT2D eigenvalue weighted by Crippen LogP contribution is 2.37. The van der Waals surface area contributed by atoms with Gasteiger partial charge in [0.1, 0.15) is 0 Å². The number of carbonyl (C=O) groups is 3. The molecule has 2 aromatic rings. The molecule has 0 atom stereocenters. The first-order valence-electron chi connectivity index (χ1n) is 11.7. The van der Waals surface area contributed by atoms with E-state index in [4.69, 9.17) is 0 Å². The number of aryl methyl sites for hydroxylation is 1. The molecule has 0 unspecified atom stereocenters. The second-order valence-electron chi connectivity index (χ2n) is 10.1. The molecule has 1 saturated carbocycles. The smallest absolute Gasteiger partial charge is 0.313 e. The number of nitrogens with one attached hydrogen (secondary N) is 3. The summed E-state index contributed by atoms with van der Waals surface area (Å²) >= 11 is 0. The van der Waals surface area contributed by atoms with Gasteiger partial charge in [0.25, 0.3) is 5.91 Å². The van der Waals surface area contributed by atoms with Crippen molar-refractivity contribution < 1.29 is 14.4 Å². The van der Waals surface area contributed by atoms with Crippen LogP contribution in [0, 0.1) is 18.3 Å². The largest absolute Gasteiger partial charge is 0.348 e. The van der Waals surface area contributed by atoms with Crippen LogP contribution in [0.3, 0.4) is 0 Å². The zero-order valence-corrected chi connectivity index (χ0v) is 20.0. The lowest BCUT2D eigenvalue weighted by atomic mass is 9.71. The molecule has 2 aromatic carbocycles. The molecular weight excluding hydrogens is 414 g/mol. The molecule has 0 spiro atoms. The first-order chi connectivity index (χ1) is 15.6. The van der Waals surface area contributed by atoms with E-state index in [2.05, 4.69) is 36.7 Å². The normalized spacial score (nSPS) is 18.3. The zero-order chi connectivity index (χ0) is 24.0. The summed E-state index contributed by atoms with van der Waals surface area (Å²) in [7, 11) is 0. The predicted octanol–water partition coefficient (Wildman–Crippen LogP) is 4.58. The van der Waals surface area contributed by atoms with Crippen molar-refractivity contribution in [2.75, 3.05) is 5.32 Å². The first-order valence-corrected chi connectivity index (χ1v) is 11.7. The third-order valence-corrected chi connectivity index (χ3v) is 6.45. The molecule has 0 bridgehead atoms. The van der Waals surface area contributed by atoms with E-state index in [-0.39, 0.29) is 17.4 Å². The van der Waals surface area contributed by atoms with Gasteiger partial charge in [0.15, 0.2) is 0 Å². The predicted molar refractivity (Wildman–Crippen MR) is 131 cm³/mol. The molecule has 0 aliphatic heterocycles. The average Bonchev–Trinajstić information content (AvgIpc) is 2.77. The Morgan fingerprint density at radius 2 is 1.61 bits per heavy atom. The summed E-state index contributed by atoms with van der Waals surface area (Å²) in [6.07, 6.45) is 3.83. The average molecular weight is 450 g/mol. The first kappa shape index (κ1) is 24.5. The summed E-state index contributed by atoms with van der Waals surface area (Å²) in [5, 5.41) is 8.35. The highest BCUT2D eigenvalue weighted by atomic mass is 16.2. The zero-order valence-electron chi connectivity index (χ0n) is 20.0. The van der Waals surface area contributed by atoms with E-state index in [1.54, 1.807) is 24.3 Å². The van der Waals surface area contributed by atoms with Gasteiger partial charge in [-0.1, -0.05) is 62.7 Å². The third kappa shape index (κ3) is 6.91. The second-order valence-corrected chi connectivity index (χ2v) is 10.1. The van der Waals surface area contributed by atoms with Crippen molar-refractivity contribution in [3.8, 4) is 0 Å². The number of rotatable bonds is 5. The van der Waals surface area contributed by atoms with E-state index < -0.39 is 11.8 Å². The van der Waals surface area contributed by atoms with Crippen LogP contribution in [0.25, 0.3) is 0 Å². The summed E-state index contributed by atoms with van der Waals surface area (Å²) in [6, 6.07) is 14.6. The minimum atomic E-state index is -0.758. The third-order valence-electron chi connectivity index (χ3n) is 6.45. The van der Waals surface area contributed by atoms with Crippen LogP contribution < -0.4 is 16.0 Å². The van der Waals surface area contributed by atoms with Crippen molar-refractivity contribution in [3.05, 3.63) is 65.2 Å². The number of carbonyl (C=O) groups excluding carboxylic acids is 3. The van der Waals surface area contributed by atoms with Crippen molar-refractivity contribution in [2.24, 2.45) is 11.3 Å². The van der Waals surface area contributed by atoms with Crippen LogP contribution in [0.4, 0.5) is 5.69 Å². The molecule has 0 heterocycles. The molecule has 3 rings (SSSR count). The van der Waals surface area contributed by atoms with Crippen LogP contribution in [0.15, 0.2) is 48.5 Å². The Hall–Kier alpha value is -3.15. The van der Waals surface area contributed by atoms with E-state index in [0.29, 0.717) is 23.7 Å². The molecule has 6 heteroatoms. The van der Waals surface area contributed by atoms with Gasteiger partial charge < -0.3 is 16.0 Å². The molecular formula is C27H35N3O3. The van der Waals surface area contributed by atoms with Gasteiger partial charge in [-0.2, -0.15) is 0 Å². The van der Waals surface area contributed by atoms with Gasteiger partial charge in [-0.3, -0.25) is 14.4 Å². The summed E-state index contributed by atoms with van der Waals surface area (Å²) in [5.74, 6) is -1.10. The summed E-state index contributed by atoms with van der Waals surface area (Å²) in [5.41, 5.74) is 3.00. The monoisotopic (exact) mass is 449 g/mol. The van der Waals surface area contributed by atoms with Crippen LogP contribution in [0.5, 0.6) is 0 Å². The Balaban J connectivity index is 1.55. The standard InChI is InChI=1S/C27H35N3O3/c1-18-8-7-9-19(16-18)17-28-24(31)22-10-5-6-11-23(22)30-26(33)25(32)29-21-14-12-20(13-15-21)27(2,3)4/h5-11,16,20-21H,12-15,17H2,1-4H3,(H,28,31)(H,29,32)(H,30,33). The molecule has 1 aliphatic rings. The Labute approximate surface area is 196 Å². The fourth-order valence-corrected chi connectivity index (χ4v) is 4.42. The molecule has 6 nitrogen and oxygen atoms in total. The molecule has 33 heavy (non-hydrogen) atoms. The highest BCUT2D eigenvalue weighted by Gasteiger charge is 2.31. The quantitative estimate of drug-likeness (QED) is 0.584. The van der Waals surface area contributed by atoms with Crippen molar-refractivity contribution in [1.82, 2.24) is 10.6 Å². The maximum Gasteiger partial charge on any atom is 0.313 e. The van der Waals surface area contributed by atoms with Crippen molar-refractivity contribution in [1.29, 1.82) is 0 Å². The molecule has 0 saturated heterocycles. The minimum Gasteiger partial charge on any atom is -0.348 e. The Bertz CT molecular complexity index is 1000. The van der Waals surface area contributed by atoms with Crippen LogP contribution in [-0.2, 0) is 16.1 Å². The highest BCUT2D eigenvalue weighted by molar-refractivity contribution is 6.40. The number of benzene rings is 2. The van der Waals surface area contributed by atoms with Gasteiger partial charge in [0, 0.05) is 12.6 Å². The van der Waals surface area contributed by atoms with Crippen LogP contribution in [0.2, 0.25) is 0 Å². The molecule has 176 valence electrons. The summed E-state index contributed by atoms with van der Waals surface area (Å²) in [6.45, 7) is 9.12. The van der Waals surface area contributed by atoms with Crippen molar-refractivity contribution in [3.63, 3.8) is 0 Å². The summed E-state index contributed by atoms with van der Waals surface area (Å²) in [4.78, 5) is 37.8. The minimum absolute atomic E-state index is 0.00900. The lowest BCUT2D eigenvalue weighted by Crippen LogP contribution is -2.44. The number of amides is 3. The van der Waals surface area contributed by atoms with Gasteiger partial charge in [-0.25, -0.2) is 0 Å². The Morgan fingerprint density at radius 1 is 0.909 bits per heavy atom. The fourth-order valence-electron chi connectivity index (χ4n) is 4.42. The molecule has 1 fully saturated rings. The lowest BCUT2D eigenvalue weighted by molar-refractivity contribution is -0.136. The fraction of sp³-hybridized carbons (Fsp3) is 0.444. The van der Waals surface area contributed by atoms with Gasteiger partial charge >= 0.3 is 11.8 Å². The number of para-hydroxylation sites is 1. The molecule has 0 radical (unpaired) electrons. The van der Waals surface area contributed by atoms with Crippen LogP contribution in [-0.4, -0.2) is 23.8 Å². The van der Waals surface area contributed by atoms with Crippen LogP contribution in [0.1, 0.15) is 67.9 Å². The molecule has 3 N–H and O–H groups in total. The molecule has 1 aliphatic carbocycles. The van der Waals surface area contributed by atoms with E-state index in [1.807, 2.05) is 31.2 Å². The summed E-state index contributed by atoms with van der Waals surface area (Å²) < 4.78 is 0. The maximum absolute atomic E-state index is 12.7. The number of hydrogen-bond donors (Lipinski definition) is 3. The second kappa shape index (κ2) is 10.6. The SMILES string of the molecule is Cc1cccc(CNC(=O)c2ccccc2NC(=O)C(=O)NC2CCC(C(C)(C)C)CC2)c1. The van der Waals surface area contributed by atoms with Gasteiger partial charge in [-0.05, 0) is 61.6 Å². The topological polar surface area (TPSA) is 87.3 Å². The van der Waals surface area contributed by atoms with E-state index in [0.717, 1.165) is 36.8 Å². The molecule has 3 amide bonds. The van der Waals surface area contributed by atoms with Gasteiger partial charge in [0.2, 0.25) is 0 Å². The Morgan fingerprint density at radius 3 is 2.27 bits per heavy atom. The Kier molecular flexibility index (Phi) is 7.90. The van der Waals surface area contributed by atoms with Crippen molar-refractivity contribution >= 4 is 23.4 Å². The van der Waals surface area contributed by atoms with Crippen LogP contribution >= 0.6 is 0 Å². The van der Waals surface area contributed by atoms with Gasteiger partial charge in [-0.15, -0.1) is 0 Å².